The number of rotatable bonds is 5. The zero-order valence-corrected chi connectivity index (χ0v) is 11.4. The van der Waals surface area contributed by atoms with E-state index in [9.17, 15) is 22.8 Å². The highest BCUT2D eigenvalue weighted by Crippen LogP contribution is 2.36. The van der Waals surface area contributed by atoms with Crippen LogP contribution in [0.25, 0.3) is 0 Å². The van der Waals surface area contributed by atoms with E-state index in [-0.39, 0.29) is 0 Å². The number of carbonyl (C=O) groups excluding carboxylic acids is 1. The first-order valence-electron chi connectivity index (χ1n) is 6.58. The Morgan fingerprint density at radius 1 is 1.27 bits per heavy atom. The van der Waals surface area contributed by atoms with Crippen molar-refractivity contribution in [3.63, 3.8) is 0 Å². The third-order valence-electron chi connectivity index (χ3n) is 3.55. The Morgan fingerprint density at radius 2 is 1.91 bits per heavy atom. The third kappa shape index (κ3) is 3.32. The molecule has 0 unspecified atom stereocenters. The summed E-state index contributed by atoms with van der Waals surface area (Å²) in [4.78, 5) is 22.8. The molecule has 1 fully saturated rings. The van der Waals surface area contributed by atoms with Gasteiger partial charge < -0.3 is 15.2 Å². The molecule has 0 atom stereocenters. The molecule has 0 radical (unpaired) electrons. The number of hydrogen-bond donors (Lipinski definition) is 2. The summed E-state index contributed by atoms with van der Waals surface area (Å²) < 4.78 is 43.2. The van der Waals surface area contributed by atoms with Gasteiger partial charge in [0.1, 0.15) is 11.3 Å². The van der Waals surface area contributed by atoms with Crippen molar-refractivity contribution < 1.29 is 32.6 Å². The number of aliphatic carboxylic acids is 1. The van der Waals surface area contributed by atoms with Crippen LogP contribution in [0.4, 0.5) is 13.2 Å². The minimum atomic E-state index is -4.59. The van der Waals surface area contributed by atoms with Gasteiger partial charge in [-0.2, -0.15) is 13.2 Å². The monoisotopic (exact) mass is 317 g/mol. The molecule has 1 aromatic rings. The largest absolute Gasteiger partial charge is 0.483 e. The molecule has 1 aliphatic rings. The molecular formula is C14H14F3NO4. The van der Waals surface area contributed by atoms with Crippen molar-refractivity contribution in [3.8, 4) is 5.75 Å². The molecule has 1 aliphatic carbocycles. The maximum Gasteiger partial charge on any atom is 0.419 e. The van der Waals surface area contributed by atoms with E-state index in [4.69, 9.17) is 9.84 Å². The SMILES string of the molecule is O=C(COc1ccccc1C(F)(F)F)NC1(C(=O)O)CCC1. The van der Waals surface area contributed by atoms with Crippen molar-refractivity contribution in [1.82, 2.24) is 5.32 Å². The maximum atomic E-state index is 12.8. The summed E-state index contributed by atoms with van der Waals surface area (Å²) in [6, 6.07) is 4.51. The number of halogens is 3. The highest BCUT2D eigenvalue weighted by Gasteiger charge is 2.45. The fourth-order valence-corrected chi connectivity index (χ4v) is 2.20. The van der Waals surface area contributed by atoms with Crippen LogP contribution in [0.3, 0.4) is 0 Å². The number of ether oxygens (including phenoxy) is 1. The number of nitrogens with one attached hydrogen (secondary N) is 1. The van der Waals surface area contributed by atoms with E-state index in [2.05, 4.69) is 5.32 Å². The van der Waals surface area contributed by atoms with Gasteiger partial charge in [-0.3, -0.25) is 4.79 Å². The third-order valence-corrected chi connectivity index (χ3v) is 3.55. The smallest absolute Gasteiger partial charge is 0.419 e. The summed E-state index contributed by atoms with van der Waals surface area (Å²) in [5.41, 5.74) is -2.30. The van der Waals surface area contributed by atoms with Crippen molar-refractivity contribution in [1.29, 1.82) is 0 Å². The van der Waals surface area contributed by atoms with Crippen LogP contribution < -0.4 is 10.1 Å². The van der Waals surface area contributed by atoms with Crippen molar-refractivity contribution >= 4 is 11.9 Å². The standard InChI is InChI=1S/C14H14F3NO4/c15-14(16,17)9-4-1-2-5-10(9)22-8-11(19)18-13(12(20)21)6-3-7-13/h1-2,4-5H,3,6-8H2,(H,18,19)(H,20,21). The molecule has 0 spiro atoms. The van der Waals surface area contributed by atoms with Crippen LogP contribution in [0.15, 0.2) is 24.3 Å². The molecule has 22 heavy (non-hydrogen) atoms. The summed E-state index contributed by atoms with van der Waals surface area (Å²) in [5, 5.41) is 11.4. The molecule has 120 valence electrons. The lowest BCUT2D eigenvalue weighted by Gasteiger charge is -2.38. The van der Waals surface area contributed by atoms with Crippen LogP contribution in [-0.2, 0) is 15.8 Å². The van der Waals surface area contributed by atoms with Crippen molar-refractivity contribution in [2.45, 2.75) is 31.0 Å². The Bertz CT molecular complexity index is 582. The van der Waals surface area contributed by atoms with Crippen molar-refractivity contribution in [3.05, 3.63) is 29.8 Å². The average molecular weight is 317 g/mol. The molecule has 0 saturated heterocycles. The van der Waals surface area contributed by atoms with Crippen LogP contribution in [0.5, 0.6) is 5.75 Å². The highest BCUT2D eigenvalue weighted by atomic mass is 19.4. The second-order valence-corrected chi connectivity index (χ2v) is 5.07. The number of hydrogen-bond acceptors (Lipinski definition) is 3. The van der Waals surface area contributed by atoms with Gasteiger partial charge in [0.2, 0.25) is 0 Å². The van der Waals surface area contributed by atoms with Gasteiger partial charge >= 0.3 is 12.1 Å². The maximum absolute atomic E-state index is 12.8. The number of alkyl halides is 3. The van der Waals surface area contributed by atoms with E-state index in [0.29, 0.717) is 19.3 Å². The van der Waals surface area contributed by atoms with Crippen LogP contribution in [0.1, 0.15) is 24.8 Å². The van der Waals surface area contributed by atoms with Gasteiger partial charge in [0, 0.05) is 0 Å². The number of para-hydroxylation sites is 1. The van der Waals surface area contributed by atoms with Crippen molar-refractivity contribution in [2.24, 2.45) is 0 Å². The topological polar surface area (TPSA) is 75.6 Å². The van der Waals surface area contributed by atoms with E-state index < -0.39 is 41.5 Å². The highest BCUT2D eigenvalue weighted by molar-refractivity contribution is 5.88. The summed E-state index contributed by atoms with van der Waals surface area (Å²) in [5.74, 6) is -2.38. The molecule has 1 amide bonds. The number of carboxylic acids is 1. The van der Waals surface area contributed by atoms with E-state index >= 15 is 0 Å². The molecule has 5 nitrogen and oxygen atoms in total. The van der Waals surface area contributed by atoms with Crippen LogP contribution in [-0.4, -0.2) is 29.1 Å². The van der Waals surface area contributed by atoms with Gasteiger partial charge in [-0.15, -0.1) is 0 Å². The first kappa shape index (κ1) is 16.1. The summed E-state index contributed by atoms with van der Waals surface area (Å²) >= 11 is 0. The molecule has 1 saturated carbocycles. The molecule has 0 bridgehead atoms. The van der Waals surface area contributed by atoms with Gasteiger partial charge in [-0.05, 0) is 31.4 Å². The molecule has 8 heteroatoms. The molecule has 0 aromatic heterocycles. The fraction of sp³-hybridized carbons (Fsp3) is 0.429. The summed E-state index contributed by atoms with van der Waals surface area (Å²) in [6.45, 7) is -0.678. The van der Waals surface area contributed by atoms with E-state index in [1.807, 2.05) is 0 Å². The van der Waals surface area contributed by atoms with E-state index in [1.165, 1.54) is 12.1 Å². The normalized spacial score (nSPS) is 16.5. The molecule has 2 rings (SSSR count). The Labute approximate surface area is 124 Å². The zero-order chi connectivity index (χ0) is 16.4. The number of amides is 1. The quantitative estimate of drug-likeness (QED) is 0.873. The number of benzene rings is 1. The zero-order valence-electron chi connectivity index (χ0n) is 11.4. The lowest BCUT2D eigenvalue weighted by atomic mass is 9.77. The van der Waals surface area contributed by atoms with E-state index in [1.54, 1.807) is 0 Å². The molecule has 2 N–H and O–H groups in total. The Morgan fingerprint density at radius 3 is 2.41 bits per heavy atom. The first-order valence-corrected chi connectivity index (χ1v) is 6.58. The van der Waals surface area contributed by atoms with Crippen LogP contribution >= 0.6 is 0 Å². The Balaban J connectivity index is 1.99. The van der Waals surface area contributed by atoms with Gasteiger partial charge in [0.15, 0.2) is 6.61 Å². The van der Waals surface area contributed by atoms with Crippen LogP contribution in [0.2, 0.25) is 0 Å². The van der Waals surface area contributed by atoms with Crippen LogP contribution in [0, 0.1) is 0 Å². The van der Waals surface area contributed by atoms with Gasteiger partial charge in [0.25, 0.3) is 5.91 Å². The fourth-order valence-electron chi connectivity index (χ4n) is 2.20. The average Bonchev–Trinajstić information content (AvgIpc) is 2.39. The summed E-state index contributed by atoms with van der Waals surface area (Å²) in [6.07, 6.45) is -3.33. The molecule has 0 aliphatic heterocycles. The minimum absolute atomic E-state index is 0.299. The Hall–Kier alpha value is -2.25. The molecule has 1 aromatic carbocycles. The minimum Gasteiger partial charge on any atom is -0.483 e. The van der Waals surface area contributed by atoms with Crippen molar-refractivity contribution in [2.75, 3.05) is 6.61 Å². The second kappa shape index (κ2) is 5.86. The van der Waals surface area contributed by atoms with E-state index in [0.717, 1.165) is 12.1 Å². The second-order valence-electron chi connectivity index (χ2n) is 5.07. The first-order chi connectivity index (χ1) is 10.2. The summed E-state index contributed by atoms with van der Waals surface area (Å²) in [7, 11) is 0. The Kier molecular flexibility index (Phi) is 4.30. The lowest BCUT2D eigenvalue weighted by Crippen LogP contribution is -2.59. The van der Waals surface area contributed by atoms with Gasteiger partial charge in [-0.1, -0.05) is 12.1 Å². The lowest BCUT2D eigenvalue weighted by molar-refractivity contribution is -0.152. The van der Waals surface area contributed by atoms with Gasteiger partial charge in [0.05, 0.1) is 5.56 Å². The molecule has 0 heterocycles. The molecular weight excluding hydrogens is 303 g/mol. The number of carbonyl (C=O) groups is 2. The number of carboxylic acid groups (broad SMARTS) is 1. The predicted molar refractivity (Wildman–Crippen MR) is 69.3 cm³/mol. The predicted octanol–water partition coefficient (Wildman–Crippen LogP) is 2.21. The van der Waals surface area contributed by atoms with Gasteiger partial charge in [-0.25, -0.2) is 4.79 Å².